The maximum absolute atomic E-state index is 9.00. The monoisotopic (exact) mass is 188 g/mol. The zero-order valence-electron chi connectivity index (χ0n) is 6.49. The fourth-order valence-electron chi connectivity index (χ4n) is 0.441. The SMILES string of the molecule is CC(=O)O.Oc1ccc(Cl)cc1. The summed E-state index contributed by atoms with van der Waals surface area (Å²) in [5.41, 5.74) is 0. The Labute approximate surface area is 75.2 Å². The van der Waals surface area contributed by atoms with Gasteiger partial charge in [0.05, 0.1) is 0 Å². The normalized spacial score (nSPS) is 8.17. The Kier molecular flexibility index (Phi) is 4.88. The van der Waals surface area contributed by atoms with Gasteiger partial charge in [0.15, 0.2) is 0 Å². The number of rotatable bonds is 0. The van der Waals surface area contributed by atoms with Crippen molar-refractivity contribution in [2.75, 3.05) is 0 Å². The van der Waals surface area contributed by atoms with E-state index in [4.69, 9.17) is 26.6 Å². The van der Waals surface area contributed by atoms with Gasteiger partial charge in [-0.15, -0.1) is 0 Å². The molecule has 0 aliphatic heterocycles. The molecule has 0 aliphatic rings. The van der Waals surface area contributed by atoms with Gasteiger partial charge < -0.3 is 10.2 Å². The van der Waals surface area contributed by atoms with Gasteiger partial charge in [-0.1, -0.05) is 11.6 Å². The maximum atomic E-state index is 9.00. The lowest BCUT2D eigenvalue weighted by Crippen LogP contribution is -1.78. The van der Waals surface area contributed by atoms with Gasteiger partial charge in [0, 0.05) is 11.9 Å². The minimum Gasteiger partial charge on any atom is -0.508 e. The van der Waals surface area contributed by atoms with Crippen molar-refractivity contribution in [3.63, 3.8) is 0 Å². The van der Waals surface area contributed by atoms with Crippen LogP contribution >= 0.6 is 11.6 Å². The summed E-state index contributed by atoms with van der Waals surface area (Å²) in [6.45, 7) is 1.08. The van der Waals surface area contributed by atoms with Crippen molar-refractivity contribution in [1.82, 2.24) is 0 Å². The Bertz CT molecular complexity index is 218. The number of carboxylic acids is 1. The average molecular weight is 189 g/mol. The van der Waals surface area contributed by atoms with E-state index in [1.165, 1.54) is 0 Å². The van der Waals surface area contributed by atoms with E-state index in [2.05, 4.69) is 0 Å². The second kappa shape index (κ2) is 5.43. The van der Waals surface area contributed by atoms with E-state index in [9.17, 15) is 0 Å². The molecular formula is C8H9ClO3. The summed E-state index contributed by atoms with van der Waals surface area (Å²) in [5.74, 6) is -0.589. The van der Waals surface area contributed by atoms with Gasteiger partial charge in [-0.2, -0.15) is 0 Å². The van der Waals surface area contributed by atoms with Gasteiger partial charge >= 0.3 is 0 Å². The van der Waals surface area contributed by atoms with Gasteiger partial charge in [0.25, 0.3) is 5.97 Å². The molecule has 0 aliphatic carbocycles. The number of benzene rings is 1. The highest BCUT2D eigenvalue weighted by Crippen LogP contribution is 2.12. The number of phenols is 1. The standard InChI is InChI=1S/C6H5ClO.C2H4O2/c7-5-1-3-6(8)4-2-5;1-2(3)4/h1-4,8H;1H3,(H,3,4). The van der Waals surface area contributed by atoms with Gasteiger partial charge in [0.2, 0.25) is 0 Å². The number of carbonyl (C=O) groups is 1. The van der Waals surface area contributed by atoms with Crippen molar-refractivity contribution in [2.45, 2.75) is 6.92 Å². The summed E-state index contributed by atoms with van der Waals surface area (Å²) < 4.78 is 0. The molecule has 66 valence electrons. The molecule has 0 saturated heterocycles. The van der Waals surface area contributed by atoms with Crippen LogP contribution in [0.2, 0.25) is 5.02 Å². The van der Waals surface area contributed by atoms with Crippen molar-refractivity contribution in [2.24, 2.45) is 0 Å². The van der Waals surface area contributed by atoms with Crippen LogP contribution in [-0.4, -0.2) is 16.2 Å². The summed E-state index contributed by atoms with van der Waals surface area (Å²) in [7, 11) is 0. The van der Waals surface area contributed by atoms with E-state index in [1.54, 1.807) is 24.3 Å². The predicted octanol–water partition coefficient (Wildman–Crippen LogP) is 2.14. The summed E-state index contributed by atoms with van der Waals surface area (Å²) in [6, 6.07) is 6.36. The third kappa shape index (κ3) is 6.89. The number of aromatic hydroxyl groups is 1. The van der Waals surface area contributed by atoms with Crippen LogP contribution in [0.5, 0.6) is 5.75 Å². The molecule has 0 bridgehead atoms. The highest BCUT2D eigenvalue weighted by Gasteiger charge is 1.84. The molecule has 1 aromatic carbocycles. The number of aliphatic carboxylic acids is 1. The van der Waals surface area contributed by atoms with Crippen LogP contribution in [0.1, 0.15) is 6.92 Å². The lowest BCUT2D eigenvalue weighted by molar-refractivity contribution is -0.134. The van der Waals surface area contributed by atoms with Crippen molar-refractivity contribution < 1.29 is 15.0 Å². The second-order valence-electron chi connectivity index (χ2n) is 2.00. The molecule has 0 unspecified atom stereocenters. The van der Waals surface area contributed by atoms with Gasteiger partial charge in [-0.05, 0) is 24.3 Å². The minimum absolute atomic E-state index is 0.245. The Hall–Kier alpha value is -1.22. The Morgan fingerprint density at radius 3 is 1.92 bits per heavy atom. The molecule has 0 aromatic heterocycles. The molecular weight excluding hydrogens is 180 g/mol. The molecule has 0 amide bonds. The Morgan fingerprint density at radius 2 is 1.67 bits per heavy atom. The smallest absolute Gasteiger partial charge is 0.300 e. The predicted molar refractivity (Wildman–Crippen MR) is 46.4 cm³/mol. The summed E-state index contributed by atoms with van der Waals surface area (Å²) in [5, 5.41) is 16.8. The molecule has 0 saturated carbocycles. The van der Waals surface area contributed by atoms with Crippen LogP contribution in [0.4, 0.5) is 0 Å². The van der Waals surface area contributed by atoms with Crippen LogP contribution in [0.25, 0.3) is 0 Å². The highest BCUT2D eigenvalue weighted by atomic mass is 35.5. The molecule has 0 spiro atoms. The largest absolute Gasteiger partial charge is 0.508 e. The average Bonchev–Trinajstić information content (AvgIpc) is 1.94. The summed E-state index contributed by atoms with van der Waals surface area (Å²) in [6.07, 6.45) is 0. The fraction of sp³-hybridized carbons (Fsp3) is 0.125. The van der Waals surface area contributed by atoms with Crippen LogP contribution in [0.15, 0.2) is 24.3 Å². The first-order chi connectivity index (χ1) is 5.52. The molecule has 1 rings (SSSR count). The molecule has 2 N–H and O–H groups in total. The molecule has 0 heterocycles. The number of hydrogen-bond acceptors (Lipinski definition) is 2. The first-order valence-electron chi connectivity index (χ1n) is 3.16. The van der Waals surface area contributed by atoms with Crippen LogP contribution < -0.4 is 0 Å². The summed E-state index contributed by atoms with van der Waals surface area (Å²) in [4.78, 5) is 9.00. The molecule has 12 heavy (non-hydrogen) atoms. The van der Waals surface area contributed by atoms with E-state index in [1.807, 2.05) is 0 Å². The van der Waals surface area contributed by atoms with Gasteiger partial charge in [-0.3, -0.25) is 4.79 Å². The van der Waals surface area contributed by atoms with Crippen molar-refractivity contribution in [3.05, 3.63) is 29.3 Å². The molecule has 1 aromatic rings. The molecule has 4 heteroatoms. The molecule has 0 radical (unpaired) electrons. The number of phenolic OH excluding ortho intramolecular Hbond substituents is 1. The van der Waals surface area contributed by atoms with Crippen LogP contribution in [-0.2, 0) is 4.79 Å². The maximum Gasteiger partial charge on any atom is 0.300 e. The van der Waals surface area contributed by atoms with E-state index < -0.39 is 5.97 Å². The van der Waals surface area contributed by atoms with E-state index >= 15 is 0 Å². The summed E-state index contributed by atoms with van der Waals surface area (Å²) >= 11 is 5.50. The van der Waals surface area contributed by atoms with Gasteiger partial charge in [0.1, 0.15) is 5.75 Å². The first kappa shape index (κ1) is 10.8. The van der Waals surface area contributed by atoms with Crippen molar-refractivity contribution in [3.8, 4) is 5.75 Å². The van der Waals surface area contributed by atoms with Crippen LogP contribution in [0.3, 0.4) is 0 Å². The van der Waals surface area contributed by atoms with E-state index in [-0.39, 0.29) is 5.75 Å². The zero-order chi connectivity index (χ0) is 9.56. The minimum atomic E-state index is -0.833. The molecule has 3 nitrogen and oxygen atoms in total. The molecule has 0 fully saturated rings. The third-order valence-corrected chi connectivity index (χ3v) is 1.08. The van der Waals surface area contributed by atoms with E-state index in [0.29, 0.717) is 5.02 Å². The zero-order valence-corrected chi connectivity index (χ0v) is 7.25. The number of carboxylic acid groups (broad SMARTS) is 1. The third-order valence-electron chi connectivity index (χ3n) is 0.827. The fourth-order valence-corrected chi connectivity index (χ4v) is 0.567. The lowest BCUT2D eigenvalue weighted by atomic mass is 10.3. The quantitative estimate of drug-likeness (QED) is 0.656. The number of halogens is 1. The second-order valence-corrected chi connectivity index (χ2v) is 2.43. The van der Waals surface area contributed by atoms with Gasteiger partial charge in [-0.25, -0.2) is 0 Å². The number of hydrogen-bond donors (Lipinski definition) is 2. The topological polar surface area (TPSA) is 57.5 Å². The Balaban J connectivity index is 0.000000261. The lowest BCUT2D eigenvalue weighted by Gasteiger charge is -1.87. The molecule has 0 atom stereocenters. The van der Waals surface area contributed by atoms with Crippen LogP contribution in [0, 0.1) is 0 Å². The van der Waals surface area contributed by atoms with Crippen molar-refractivity contribution in [1.29, 1.82) is 0 Å². The van der Waals surface area contributed by atoms with E-state index in [0.717, 1.165) is 6.92 Å². The highest BCUT2D eigenvalue weighted by molar-refractivity contribution is 6.30. The Morgan fingerprint density at radius 1 is 1.33 bits per heavy atom. The first-order valence-corrected chi connectivity index (χ1v) is 3.54. The van der Waals surface area contributed by atoms with Crippen molar-refractivity contribution >= 4 is 17.6 Å².